The number of alkyl halides is 3. The van der Waals surface area contributed by atoms with Gasteiger partial charge in [0.1, 0.15) is 12.4 Å². The molecule has 9 heteroatoms. The topological polar surface area (TPSA) is 83.6 Å². The number of halogens is 3. The predicted molar refractivity (Wildman–Crippen MR) is 97.4 cm³/mol. The Hall–Kier alpha value is -2.97. The average molecular weight is 393 g/mol. The van der Waals surface area contributed by atoms with Crippen LogP contribution in [0.2, 0.25) is 0 Å². The van der Waals surface area contributed by atoms with E-state index in [9.17, 15) is 18.0 Å². The van der Waals surface area contributed by atoms with Gasteiger partial charge in [-0.2, -0.15) is 13.2 Å². The number of hydrogen-bond acceptors (Lipinski definition) is 4. The highest BCUT2D eigenvalue weighted by atomic mass is 19.4. The first kappa shape index (κ1) is 17.2. The molecule has 0 fully saturated rings. The van der Waals surface area contributed by atoms with Gasteiger partial charge in [0.15, 0.2) is 5.82 Å². The van der Waals surface area contributed by atoms with Crippen LogP contribution in [0.5, 0.6) is 0 Å². The Kier molecular flexibility index (Phi) is 4.64. The lowest BCUT2D eigenvalue weighted by molar-refractivity contribution is -0.144. The molecule has 2 aliphatic heterocycles. The molecular formula is C19H20F3N5O. The summed E-state index contributed by atoms with van der Waals surface area (Å²) in [6, 6.07) is 3.33. The van der Waals surface area contributed by atoms with Gasteiger partial charge in [0.2, 0.25) is 5.91 Å². The van der Waals surface area contributed by atoms with Gasteiger partial charge in [-0.05, 0) is 24.6 Å². The second-order valence-corrected chi connectivity index (χ2v) is 6.72. The fourth-order valence-electron chi connectivity index (χ4n) is 2.78. The second kappa shape index (κ2) is 7.57. The summed E-state index contributed by atoms with van der Waals surface area (Å²) in [5, 5.41) is 1.94. The predicted octanol–water partition coefficient (Wildman–Crippen LogP) is 3.61. The van der Waals surface area contributed by atoms with E-state index in [1.165, 1.54) is 12.4 Å². The number of H-pyrrole nitrogens is 1. The lowest BCUT2D eigenvalue weighted by atomic mass is 9.81. The lowest BCUT2D eigenvalue weighted by Crippen LogP contribution is -2.44. The molecular weight excluding hydrogens is 371 g/mol. The maximum atomic E-state index is 12.5. The van der Waals surface area contributed by atoms with Crippen molar-refractivity contribution in [1.82, 2.24) is 25.3 Å². The van der Waals surface area contributed by atoms with Crippen molar-refractivity contribution in [3.63, 3.8) is 0 Å². The Labute approximate surface area is 162 Å². The van der Waals surface area contributed by atoms with Crippen LogP contribution in [0.3, 0.4) is 0 Å². The zero-order valence-corrected chi connectivity index (χ0v) is 15.3. The van der Waals surface area contributed by atoms with Gasteiger partial charge in [0, 0.05) is 41.8 Å². The number of carbonyl (C=O) groups excluding carboxylic acids is 1. The molecule has 3 rings (SSSR count). The molecule has 1 atom stereocenters. The molecule has 2 aliphatic rings. The molecule has 1 aromatic rings. The van der Waals surface area contributed by atoms with Crippen molar-refractivity contribution >= 4 is 5.91 Å². The van der Waals surface area contributed by atoms with Crippen LogP contribution in [-0.2, 0) is 11.2 Å². The number of pyridine rings is 1. The van der Waals surface area contributed by atoms with Crippen molar-refractivity contribution in [3.05, 3.63) is 42.4 Å². The SMILES string of the molecule is [2H]c1c[nH]c2nc([2H])c(-c3nccc(C[C@](C)(CC)C(=O)NCC(F)(F)F)n3)c-2c1. The number of aromatic nitrogens is 4. The van der Waals surface area contributed by atoms with Gasteiger partial charge in [-0.1, -0.05) is 13.8 Å². The molecule has 0 spiro atoms. The molecule has 2 N–H and O–H groups in total. The minimum absolute atomic E-state index is 0.0647. The molecule has 0 saturated heterocycles. The number of fused-ring (bicyclic) bond motifs is 1. The Balaban J connectivity index is 1.90. The summed E-state index contributed by atoms with van der Waals surface area (Å²) >= 11 is 0. The largest absolute Gasteiger partial charge is 0.405 e. The highest BCUT2D eigenvalue weighted by Gasteiger charge is 2.35. The number of hydrogen-bond donors (Lipinski definition) is 2. The molecule has 0 bridgehead atoms. The number of rotatable bonds is 6. The summed E-state index contributed by atoms with van der Waals surface area (Å²) in [5.41, 5.74) is 0.212. The van der Waals surface area contributed by atoms with Crippen molar-refractivity contribution in [2.24, 2.45) is 5.41 Å². The summed E-state index contributed by atoms with van der Waals surface area (Å²) in [6.45, 7) is 1.91. The molecule has 1 aromatic heterocycles. The summed E-state index contributed by atoms with van der Waals surface area (Å²) < 4.78 is 53.3. The lowest BCUT2D eigenvalue weighted by Gasteiger charge is -2.27. The highest BCUT2D eigenvalue weighted by molar-refractivity contribution is 5.82. The van der Waals surface area contributed by atoms with Crippen molar-refractivity contribution < 1.29 is 20.7 Å². The van der Waals surface area contributed by atoms with Gasteiger partial charge in [-0.3, -0.25) is 4.79 Å². The van der Waals surface area contributed by atoms with E-state index >= 15 is 0 Å². The normalized spacial score (nSPS) is 15.0. The standard InChI is InChI=1S/C19H20F3N5O/c1-3-18(2,17(28)26-11-19(20,21)22)9-12-6-8-24-16(27-12)14-10-25-15-13(14)5-4-7-23-15/h4-8,10H,3,9,11H2,1-2H3,(H,23,25)(H,26,28)/t18-/m0/s1/i4D,10D. The molecule has 0 radical (unpaired) electrons. The van der Waals surface area contributed by atoms with Crippen molar-refractivity contribution in [3.8, 4) is 22.8 Å². The third kappa shape index (κ3) is 4.29. The fraction of sp³-hybridized carbons (Fsp3) is 0.368. The molecule has 0 saturated carbocycles. The van der Waals surface area contributed by atoms with E-state index in [2.05, 4.69) is 19.9 Å². The highest BCUT2D eigenvalue weighted by Crippen LogP contribution is 2.31. The van der Waals surface area contributed by atoms with E-state index in [4.69, 9.17) is 2.74 Å². The first-order valence-electron chi connectivity index (χ1n) is 9.65. The Morgan fingerprint density at radius 3 is 2.79 bits per heavy atom. The van der Waals surface area contributed by atoms with E-state index in [0.29, 0.717) is 29.1 Å². The average Bonchev–Trinajstić information content (AvgIpc) is 3.00. The molecule has 0 aliphatic carbocycles. The zero-order valence-electron chi connectivity index (χ0n) is 17.3. The van der Waals surface area contributed by atoms with Crippen LogP contribution in [0.1, 0.15) is 28.7 Å². The molecule has 0 aromatic carbocycles. The molecule has 28 heavy (non-hydrogen) atoms. The number of amides is 1. The van der Waals surface area contributed by atoms with Crippen LogP contribution in [0, 0.1) is 5.41 Å². The third-order valence-electron chi connectivity index (χ3n) is 4.61. The number of carbonyl (C=O) groups is 1. The number of aromatic amines is 1. The molecule has 1 amide bonds. The fourth-order valence-corrected chi connectivity index (χ4v) is 2.78. The summed E-state index contributed by atoms with van der Waals surface area (Å²) in [5.74, 6) is -0.0874. The van der Waals surface area contributed by atoms with Gasteiger partial charge in [0.05, 0.1) is 8.16 Å². The third-order valence-corrected chi connectivity index (χ3v) is 4.61. The van der Waals surface area contributed by atoms with Crippen LogP contribution >= 0.6 is 0 Å². The Morgan fingerprint density at radius 1 is 1.29 bits per heavy atom. The van der Waals surface area contributed by atoms with Crippen molar-refractivity contribution in [1.29, 1.82) is 0 Å². The molecule has 0 unspecified atom stereocenters. The summed E-state index contributed by atoms with van der Waals surface area (Å²) in [6.07, 6.45) is -1.24. The van der Waals surface area contributed by atoms with Crippen molar-refractivity contribution in [2.45, 2.75) is 32.9 Å². The summed E-state index contributed by atoms with van der Waals surface area (Å²) in [7, 11) is 0. The van der Waals surface area contributed by atoms with Crippen LogP contribution in [0.4, 0.5) is 13.2 Å². The van der Waals surface area contributed by atoms with E-state index in [-0.39, 0.29) is 24.5 Å². The van der Waals surface area contributed by atoms with E-state index in [0.717, 1.165) is 0 Å². The van der Waals surface area contributed by atoms with Crippen LogP contribution in [0.25, 0.3) is 22.8 Å². The van der Waals surface area contributed by atoms with Crippen molar-refractivity contribution in [2.75, 3.05) is 6.54 Å². The quantitative estimate of drug-likeness (QED) is 0.670. The number of nitrogens with one attached hydrogen (secondary N) is 2. The molecule has 3 heterocycles. The Bertz CT molecular complexity index is 1040. The van der Waals surface area contributed by atoms with Gasteiger partial charge >= 0.3 is 6.18 Å². The minimum atomic E-state index is -4.49. The van der Waals surface area contributed by atoms with E-state index < -0.39 is 24.0 Å². The van der Waals surface area contributed by atoms with Crippen LogP contribution in [-0.4, -0.2) is 38.6 Å². The maximum absolute atomic E-state index is 12.5. The monoisotopic (exact) mass is 393 g/mol. The zero-order chi connectivity index (χ0) is 22.1. The first-order valence-corrected chi connectivity index (χ1v) is 8.65. The number of nitrogens with zero attached hydrogens (tertiary/aromatic N) is 3. The minimum Gasteiger partial charge on any atom is -0.347 e. The van der Waals surface area contributed by atoms with Gasteiger partial charge in [-0.25, -0.2) is 15.0 Å². The van der Waals surface area contributed by atoms with Gasteiger partial charge in [-0.15, -0.1) is 0 Å². The smallest absolute Gasteiger partial charge is 0.347 e. The Morgan fingerprint density at radius 2 is 2.07 bits per heavy atom. The summed E-state index contributed by atoms with van der Waals surface area (Å²) in [4.78, 5) is 28.0. The van der Waals surface area contributed by atoms with Gasteiger partial charge in [0.25, 0.3) is 0 Å². The van der Waals surface area contributed by atoms with E-state index in [1.807, 2.05) is 5.32 Å². The first-order chi connectivity index (χ1) is 14.0. The second-order valence-electron chi connectivity index (χ2n) is 6.72. The van der Waals surface area contributed by atoms with Crippen LogP contribution < -0.4 is 5.32 Å². The molecule has 6 nitrogen and oxygen atoms in total. The van der Waals surface area contributed by atoms with E-state index in [1.54, 1.807) is 26.0 Å². The van der Waals surface area contributed by atoms with Crippen LogP contribution in [0.15, 0.2) is 36.7 Å². The maximum Gasteiger partial charge on any atom is 0.405 e. The molecule has 148 valence electrons. The van der Waals surface area contributed by atoms with Gasteiger partial charge < -0.3 is 10.3 Å².